The zero-order valence-electron chi connectivity index (χ0n) is 12.1. The van der Waals surface area contributed by atoms with Gasteiger partial charge in [0.2, 0.25) is 0 Å². The molecule has 0 bridgehead atoms. The van der Waals surface area contributed by atoms with Crippen LogP contribution in [0.1, 0.15) is 33.3 Å². The lowest BCUT2D eigenvalue weighted by Gasteiger charge is -2.41. The maximum Gasteiger partial charge on any atom is 0.123 e. The highest BCUT2D eigenvalue weighted by atomic mass is 19.1. The number of rotatable bonds is 5. The molecular weight excluding hydrogens is 227 g/mol. The van der Waals surface area contributed by atoms with Crippen molar-refractivity contribution in [2.75, 3.05) is 13.6 Å². The van der Waals surface area contributed by atoms with Crippen LogP contribution in [0.4, 0.5) is 4.39 Å². The van der Waals surface area contributed by atoms with Crippen molar-refractivity contribution < 1.29 is 4.39 Å². The molecule has 0 atom stereocenters. The quantitative estimate of drug-likeness (QED) is 0.873. The van der Waals surface area contributed by atoms with Gasteiger partial charge in [-0.25, -0.2) is 4.39 Å². The van der Waals surface area contributed by atoms with E-state index >= 15 is 0 Å². The smallest absolute Gasteiger partial charge is 0.123 e. The molecule has 0 radical (unpaired) electrons. The normalized spacial score (nSPS) is 13.1. The van der Waals surface area contributed by atoms with Crippen LogP contribution in [0.25, 0.3) is 0 Å². The van der Waals surface area contributed by atoms with Crippen LogP contribution in [0.5, 0.6) is 0 Å². The van der Waals surface area contributed by atoms with Gasteiger partial charge in [-0.3, -0.25) is 0 Å². The SMILES string of the molecule is CN(Cc1ccc(F)cc1)CC(C)(C)C(C)(C)N. The second-order valence-corrected chi connectivity index (χ2v) is 6.40. The molecule has 0 aromatic heterocycles. The second kappa shape index (κ2) is 5.37. The predicted molar refractivity (Wildman–Crippen MR) is 74.8 cm³/mol. The van der Waals surface area contributed by atoms with Crippen LogP contribution in [0, 0.1) is 11.2 Å². The van der Waals surface area contributed by atoms with E-state index in [0.717, 1.165) is 18.7 Å². The molecule has 1 aromatic carbocycles. The van der Waals surface area contributed by atoms with Crippen molar-refractivity contribution in [1.82, 2.24) is 4.90 Å². The lowest BCUT2D eigenvalue weighted by atomic mass is 9.75. The summed E-state index contributed by atoms with van der Waals surface area (Å²) in [4.78, 5) is 2.22. The molecule has 0 heterocycles. The first-order chi connectivity index (χ1) is 8.12. The Morgan fingerprint density at radius 3 is 2.06 bits per heavy atom. The molecule has 2 nitrogen and oxygen atoms in total. The minimum atomic E-state index is -0.232. The maximum absolute atomic E-state index is 12.8. The summed E-state index contributed by atoms with van der Waals surface area (Å²) in [5, 5.41) is 0. The minimum Gasteiger partial charge on any atom is -0.325 e. The lowest BCUT2D eigenvalue weighted by molar-refractivity contribution is 0.126. The van der Waals surface area contributed by atoms with Crippen LogP contribution in [-0.4, -0.2) is 24.0 Å². The number of nitrogens with zero attached hydrogens (tertiary/aromatic N) is 1. The molecule has 0 fully saturated rings. The van der Waals surface area contributed by atoms with E-state index in [1.807, 2.05) is 12.1 Å². The fraction of sp³-hybridized carbons (Fsp3) is 0.600. The minimum absolute atomic E-state index is 0.0157. The molecular formula is C15H25FN2. The molecule has 0 aliphatic rings. The number of benzene rings is 1. The monoisotopic (exact) mass is 252 g/mol. The van der Waals surface area contributed by atoms with Gasteiger partial charge in [0.1, 0.15) is 5.82 Å². The fourth-order valence-electron chi connectivity index (χ4n) is 1.84. The molecule has 0 aliphatic heterocycles. The van der Waals surface area contributed by atoms with Crippen LogP contribution >= 0.6 is 0 Å². The first-order valence-electron chi connectivity index (χ1n) is 6.34. The molecule has 1 rings (SSSR count). The third-order valence-corrected chi connectivity index (χ3v) is 3.78. The fourth-order valence-corrected chi connectivity index (χ4v) is 1.84. The van der Waals surface area contributed by atoms with Crippen LogP contribution in [-0.2, 0) is 6.54 Å². The first-order valence-corrected chi connectivity index (χ1v) is 6.34. The van der Waals surface area contributed by atoms with Crippen molar-refractivity contribution in [2.45, 2.75) is 39.8 Å². The van der Waals surface area contributed by atoms with Crippen LogP contribution in [0.15, 0.2) is 24.3 Å². The highest BCUT2D eigenvalue weighted by Crippen LogP contribution is 2.29. The first kappa shape index (κ1) is 15.1. The average Bonchev–Trinajstić information content (AvgIpc) is 2.19. The Kier molecular flexibility index (Phi) is 4.51. The highest BCUT2D eigenvalue weighted by molar-refractivity contribution is 5.15. The number of hydrogen-bond acceptors (Lipinski definition) is 2. The maximum atomic E-state index is 12.8. The van der Waals surface area contributed by atoms with E-state index in [-0.39, 0.29) is 16.8 Å². The molecule has 102 valence electrons. The van der Waals surface area contributed by atoms with Crippen LogP contribution in [0.2, 0.25) is 0 Å². The van der Waals surface area contributed by atoms with Gasteiger partial charge in [0.15, 0.2) is 0 Å². The van der Waals surface area contributed by atoms with Crippen molar-refractivity contribution in [3.05, 3.63) is 35.6 Å². The van der Waals surface area contributed by atoms with Gasteiger partial charge >= 0.3 is 0 Å². The van der Waals surface area contributed by atoms with Gasteiger partial charge in [0, 0.05) is 18.6 Å². The highest BCUT2D eigenvalue weighted by Gasteiger charge is 2.34. The summed E-state index contributed by atoms with van der Waals surface area (Å²) in [6.07, 6.45) is 0. The summed E-state index contributed by atoms with van der Waals surface area (Å²) in [6, 6.07) is 6.65. The summed E-state index contributed by atoms with van der Waals surface area (Å²) < 4.78 is 12.8. The van der Waals surface area contributed by atoms with Gasteiger partial charge < -0.3 is 10.6 Å². The predicted octanol–water partition coefficient (Wildman–Crippen LogP) is 3.02. The van der Waals surface area contributed by atoms with E-state index in [0.29, 0.717) is 0 Å². The lowest BCUT2D eigenvalue weighted by Crippen LogP contribution is -2.52. The van der Waals surface area contributed by atoms with E-state index < -0.39 is 0 Å². The van der Waals surface area contributed by atoms with E-state index in [4.69, 9.17) is 5.73 Å². The Morgan fingerprint density at radius 2 is 1.61 bits per heavy atom. The molecule has 0 saturated heterocycles. The molecule has 2 N–H and O–H groups in total. The molecule has 0 unspecified atom stereocenters. The standard InChI is InChI=1S/C15H25FN2/c1-14(2,15(3,4)17)11-18(5)10-12-6-8-13(16)9-7-12/h6-9H,10-11,17H2,1-5H3. The van der Waals surface area contributed by atoms with Crippen LogP contribution < -0.4 is 5.73 Å². The van der Waals surface area contributed by atoms with Crippen molar-refractivity contribution >= 4 is 0 Å². The van der Waals surface area contributed by atoms with Crippen molar-refractivity contribution in [2.24, 2.45) is 11.1 Å². The molecule has 18 heavy (non-hydrogen) atoms. The van der Waals surface area contributed by atoms with Gasteiger partial charge in [-0.15, -0.1) is 0 Å². The Bertz CT molecular complexity index is 376. The van der Waals surface area contributed by atoms with E-state index in [9.17, 15) is 4.39 Å². The topological polar surface area (TPSA) is 29.3 Å². The molecule has 0 amide bonds. The Morgan fingerprint density at radius 1 is 1.11 bits per heavy atom. The van der Waals surface area contributed by atoms with Gasteiger partial charge in [-0.1, -0.05) is 26.0 Å². The summed E-state index contributed by atoms with van der Waals surface area (Å²) in [6.45, 7) is 10.2. The van der Waals surface area contributed by atoms with E-state index in [1.165, 1.54) is 12.1 Å². The third-order valence-electron chi connectivity index (χ3n) is 3.78. The van der Waals surface area contributed by atoms with Crippen molar-refractivity contribution in [3.8, 4) is 0 Å². The second-order valence-electron chi connectivity index (χ2n) is 6.40. The zero-order valence-corrected chi connectivity index (χ0v) is 12.1. The number of hydrogen-bond donors (Lipinski definition) is 1. The van der Waals surface area contributed by atoms with Crippen molar-refractivity contribution in [1.29, 1.82) is 0 Å². The van der Waals surface area contributed by atoms with Crippen LogP contribution in [0.3, 0.4) is 0 Å². The third kappa shape index (κ3) is 4.07. The summed E-state index contributed by atoms with van der Waals surface area (Å²) >= 11 is 0. The zero-order chi connectivity index (χ0) is 14.0. The number of nitrogens with two attached hydrogens (primary N) is 1. The summed E-state index contributed by atoms with van der Waals surface area (Å²) in [7, 11) is 2.07. The van der Waals surface area contributed by atoms with Gasteiger partial charge in [-0.05, 0) is 44.0 Å². The summed E-state index contributed by atoms with van der Waals surface area (Å²) in [5.41, 5.74) is 7.10. The largest absolute Gasteiger partial charge is 0.325 e. The van der Waals surface area contributed by atoms with Gasteiger partial charge in [0.05, 0.1) is 0 Å². The van der Waals surface area contributed by atoms with Gasteiger partial charge in [0.25, 0.3) is 0 Å². The van der Waals surface area contributed by atoms with E-state index in [1.54, 1.807) is 0 Å². The Balaban J connectivity index is 2.62. The Hall–Kier alpha value is -0.930. The van der Waals surface area contributed by atoms with E-state index in [2.05, 4.69) is 39.6 Å². The van der Waals surface area contributed by atoms with Gasteiger partial charge in [-0.2, -0.15) is 0 Å². The molecule has 0 spiro atoms. The molecule has 0 saturated carbocycles. The summed E-state index contributed by atoms with van der Waals surface area (Å²) in [5.74, 6) is -0.190. The van der Waals surface area contributed by atoms with Crippen molar-refractivity contribution in [3.63, 3.8) is 0 Å². The number of halogens is 1. The molecule has 0 aliphatic carbocycles. The average molecular weight is 252 g/mol. The molecule has 1 aromatic rings. The Labute approximate surface area is 110 Å². The molecule has 3 heteroatoms.